The number of carbonyl (C=O) groups excluding carboxylic acids is 2. The SMILES string of the molecule is Cl.O.O=C1CC(O)(c2ccccc2)CCN1CCC1(c2ccc(Cl)c(Cl)c2)CN(Cc2ccc(-c3ccccc3)cc2)C(=O)CO1. The Hall–Kier alpha value is -3.43. The molecule has 2 amide bonds. The predicted molar refractivity (Wildman–Crippen MR) is 183 cm³/mol. The van der Waals surface area contributed by atoms with E-state index in [1.54, 1.807) is 17.0 Å². The van der Waals surface area contributed by atoms with Crippen LogP contribution in [0.3, 0.4) is 0 Å². The first kappa shape index (κ1) is 35.4. The van der Waals surface area contributed by atoms with E-state index in [1.165, 1.54) is 0 Å². The quantitative estimate of drug-likeness (QED) is 0.232. The Morgan fingerprint density at radius 1 is 0.761 bits per heavy atom. The highest BCUT2D eigenvalue weighted by molar-refractivity contribution is 6.42. The Balaban J connectivity index is 0.00000240. The van der Waals surface area contributed by atoms with Crippen LogP contribution in [0.2, 0.25) is 10.0 Å². The first-order valence-corrected chi connectivity index (χ1v) is 15.6. The molecular formula is C36H37Cl3N2O5. The first-order valence-electron chi connectivity index (χ1n) is 14.8. The lowest BCUT2D eigenvalue weighted by Crippen LogP contribution is -2.54. The molecule has 2 aliphatic rings. The molecule has 6 rings (SSSR count). The van der Waals surface area contributed by atoms with Crippen LogP contribution in [0.25, 0.3) is 11.1 Å². The summed E-state index contributed by atoms with van der Waals surface area (Å²) in [6.07, 6.45) is 0.894. The summed E-state index contributed by atoms with van der Waals surface area (Å²) in [4.78, 5) is 30.1. The lowest BCUT2D eigenvalue weighted by Gasteiger charge is -2.45. The maximum Gasteiger partial charge on any atom is 0.249 e. The summed E-state index contributed by atoms with van der Waals surface area (Å²) in [5, 5.41) is 12.1. The van der Waals surface area contributed by atoms with Crippen LogP contribution in [0, 0.1) is 0 Å². The van der Waals surface area contributed by atoms with Gasteiger partial charge in [0.2, 0.25) is 11.8 Å². The van der Waals surface area contributed by atoms with Crippen molar-refractivity contribution in [3.8, 4) is 11.1 Å². The van der Waals surface area contributed by atoms with Crippen LogP contribution in [0.15, 0.2) is 103 Å². The van der Waals surface area contributed by atoms with Crippen LogP contribution in [0.1, 0.15) is 36.0 Å². The van der Waals surface area contributed by atoms with Crippen LogP contribution in [-0.2, 0) is 32.1 Å². The number of amides is 2. The van der Waals surface area contributed by atoms with Gasteiger partial charge in [0.05, 0.1) is 23.0 Å². The molecule has 10 heteroatoms. The number of nitrogens with zero attached hydrogens (tertiary/aromatic N) is 2. The number of hydrogen-bond donors (Lipinski definition) is 1. The van der Waals surface area contributed by atoms with Crippen molar-refractivity contribution in [1.29, 1.82) is 0 Å². The van der Waals surface area contributed by atoms with Crippen molar-refractivity contribution in [2.24, 2.45) is 0 Å². The molecule has 4 aromatic carbocycles. The number of benzene rings is 4. The minimum Gasteiger partial charge on any atom is -0.412 e. The molecule has 7 nitrogen and oxygen atoms in total. The predicted octanol–water partition coefficient (Wildman–Crippen LogP) is 6.41. The number of hydrogen-bond acceptors (Lipinski definition) is 4. The topological polar surface area (TPSA) is 102 Å². The molecule has 2 fully saturated rings. The molecule has 2 atom stereocenters. The van der Waals surface area contributed by atoms with E-state index in [4.69, 9.17) is 27.9 Å². The standard InChI is InChI=1S/C36H34Cl2N2O4.ClH.H2O/c37-31-16-15-30(21-32(31)38)36(18-20-39-19-17-35(43,22-33(39)41)29-9-5-2-6-10-29)25-40(34(42)24-44-36)23-26-11-13-28(14-12-26)27-7-3-1-4-8-27;;/h1-16,21,43H,17-20,22-25H2;1H;1H2. The van der Waals surface area contributed by atoms with Gasteiger partial charge < -0.3 is 25.1 Å². The summed E-state index contributed by atoms with van der Waals surface area (Å²) in [7, 11) is 0. The van der Waals surface area contributed by atoms with Gasteiger partial charge in [0.25, 0.3) is 0 Å². The van der Waals surface area contributed by atoms with Gasteiger partial charge in [0.1, 0.15) is 17.8 Å². The van der Waals surface area contributed by atoms with E-state index >= 15 is 0 Å². The van der Waals surface area contributed by atoms with E-state index in [0.29, 0.717) is 49.1 Å². The van der Waals surface area contributed by atoms with Gasteiger partial charge in [0.15, 0.2) is 0 Å². The highest BCUT2D eigenvalue weighted by Gasteiger charge is 2.44. The fourth-order valence-electron chi connectivity index (χ4n) is 6.22. The number of aliphatic hydroxyl groups is 1. The fourth-order valence-corrected chi connectivity index (χ4v) is 6.52. The zero-order valence-corrected chi connectivity index (χ0v) is 27.5. The monoisotopic (exact) mass is 682 g/mol. The number of rotatable bonds is 8. The van der Waals surface area contributed by atoms with Crippen molar-refractivity contribution in [3.05, 3.63) is 130 Å². The molecule has 46 heavy (non-hydrogen) atoms. The average molecular weight is 684 g/mol. The van der Waals surface area contributed by atoms with Gasteiger partial charge in [-0.25, -0.2) is 0 Å². The van der Waals surface area contributed by atoms with Crippen molar-refractivity contribution in [3.63, 3.8) is 0 Å². The van der Waals surface area contributed by atoms with E-state index in [1.807, 2.05) is 71.6 Å². The van der Waals surface area contributed by atoms with Crippen LogP contribution in [-0.4, -0.2) is 58.4 Å². The van der Waals surface area contributed by atoms with Crippen molar-refractivity contribution >= 4 is 47.4 Å². The molecule has 0 saturated carbocycles. The Morgan fingerprint density at radius 2 is 1.41 bits per heavy atom. The van der Waals surface area contributed by atoms with Crippen LogP contribution in [0.4, 0.5) is 0 Å². The largest absolute Gasteiger partial charge is 0.412 e. The van der Waals surface area contributed by atoms with E-state index in [9.17, 15) is 14.7 Å². The Morgan fingerprint density at radius 3 is 2.07 bits per heavy atom. The van der Waals surface area contributed by atoms with Gasteiger partial charge >= 0.3 is 0 Å². The maximum atomic E-state index is 13.3. The molecule has 2 unspecified atom stereocenters. The molecule has 4 aromatic rings. The van der Waals surface area contributed by atoms with E-state index in [0.717, 1.165) is 27.8 Å². The van der Waals surface area contributed by atoms with Crippen molar-refractivity contribution < 1.29 is 24.9 Å². The Labute approximate surface area is 285 Å². The second-order valence-corrected chi connectivity index (χ2v) is 12.5. The van der Waals surface area contributed by atoms with Gasteiger partial charge in [-0.05, 0) is 52.8 Å². The minimum atomic E-state index is -1.18. The third-order valence-corrected chi connectivity index (χ3v) is 9.58. The van der Waals surface area contributed by atoms with E-state index in [-0.39, 0.29) is 42.7 Å². The van der Waals surface area contributed by atoms with Crippen LogP contribution < -0.4 is 0 Å². The lowest BCUT2D eigenvalue weighted by atomic mass is 9.83. The molecule has 0 radical (unpaired) electrons. The molecule has 3 N–H and O–H groups in total. The van der Waals surface area contributed by atoms with Crippen molar-refractivity contribution in [2.75, 3.05) is 26.2 Å². The van der Waals surface area contributed by atoms with Crippen molar-refractivity contribution in [1.82, 2.24) is 9.80 Å². The van der Waals surface area contributed by atoms with Crippen LogP contribution in [0.5, 0.6) is 0 Å². The highest BCUT2D eigenvalue weighted by Crippen LogP contribution is 2.39. The first-order chi connectivity index (χ1) is 21.2. The molecule has 2 saturated heterocycles. The third-order valence-electron chi connectivity index (χ3n) is 8.84. The van der Waals surface area contributed by atoms with Gasteiger partial charge in [0, 0.05) is 19.6 Å². The number of carbonyl (C=O) groups is 2. The molecule has 2 heterocycles. The molecule has 0 aromatic heterocycles. The molecule has 2 aliphatic heterocycles. The van der Waals surface area contributed by atoms with Gasteiger partial charge in [-0.3, -0.25) is 9.59 Å². The summed E-state index contributed by atoms with van der Waals surface area (Å²) >= 11 is 12.7. The number of ether oxygens (including phenoxy) is 1. The third kappa shape index (κ3) is 7.58. The second kappa shape index (κ2) is 15.0. The molecule has 0 bridgehead atoms. The number of morpholine rings is 1. The number of halogens is 3. The lowest BCUT2D eigenvalue weighted by molar-refractivity contribution is -0.170. The van der Waals surface area contributed by atoms with Crippen molar-refractivity contribution in [2.45, 2.75) is 37.0 Å². The smallest absolute Gasteiger partial charge is 0.249 e. The molecule has 242 valence electrons. The molecule has 0 spiro atoms. The summed E-state index contributed by atoms with van der Waals surface area (Å²) in [6, 6.07) is 33.2. The van der Waals surface area contributed by atoms with Gasteiger partial charge in [-0.15, -0.1) is 12.4 Å². The zero-order valence-electron chi connectivity index (χ0n) is 25.2. The summed E-state index contributed by atoms with van der Waals surface area (Å²) in [5.41, 5.74) is 2.72. The normalized spacial score (nSPS) is 21.4. The second-order valence-electron chi connectivity index (χ2n) is 11.7. The number of likely N-dealkylation sites (tertiary alicyclic amines) is 1. The fraction of sp³-hybridized carbons (Fsp3) is 0.278. The highest BCUT2D eigenvalue weighted by atomic mass is 35.5. The molecule has 0 aliphatic carbocycles. The summed E-state index contributed by atoms with van der Waals surface area (Å²) < 4.78 is 6.36. The average Bonchev–Trinajstić information content (AvgIpc) is 3.05. The molecular weight excluding hydrogens is 647 g/mol. The van der Waals surface area contributed by atoms with E-state index in [2.05, 4.69) is 24.3 Å². The van der Waals surface area contributed by atoms with E-state index < -0.39 is 11.2 Å². The number of piperidine rings is 1. The van der Waals surface area contributed by atoms with Gasteiger partial charge in [-0.1, -0.05) is 114 Å². The van der Waals surface area contributed by atoms with Gasteiger partial charge in [-0.2, -0.15) is 0 Å². The minimum absolute atomic E-state index is 0. The zero-order chi connectivity index (χ0) is 30.7. The Kier molecular flexibility index (Phi) is 11.5. The van der Waals surface area contributed by atoms with Crippen LogP contribution >= 0.6 is 35.6 Å². The summed E-state index contributed by atoms with van der Waals surface area (Å²) in [5.74, 6) is -0.219. The Bertz CT molecular complexity index is 1640. The maximum absolute atomic E-state index is 13.3. The summed E-state index contributed by atoms with van der Waals surface area (Å²) in [6.45, 7) is 1.44.